The highest BCUT2D eigenvalue weighted by molar-refractivity contribution is 6.11. The van der Waals surface area contributed by atoms with Crippen molar-refractivity contribution in [2.24, 2.45) is 0 Å². The standard InChI is InChI=1S/C63H51N/c1-3-63(4-2)60-41-45(31-36-57(60)58-37-35-53(43-61(58)63)64(51-22-13-7-14-23-51)52-24-15-8-16-25-52)29-28-44-30-32-49-42-50(34-33-48(49)40-44)55-26-17-27-59-54(46-18-9-5-10-19-46)38-39-56(62(55)59)47-20-11-6-12-21-47/h6-9,11-43H,3-5,10H2,1-2H3/b29-28+. The smallest absolute Gasteiger partial charge is 0.0465 e. The fourth-order valence-electron chi connectivity index (χ4n) is 10.7. The van der Waals surface area contributed by atoms with Crippen LogP contribution >= 0.6 is 0 Å². The van der Waals surface area contributed by atoms with E-state index in [1.54, 1.807) is 0 Å². The molecule has 0 fully saturated rings. The van der Waals surface area contributed by atoms with Crippen LogP contribution in [0.4, 0.5) is 17.1 Å². The molecule has 0 amide bonds. The zero-order valence-corrected chi connectivity index (χ0v) is 36.6. The van der Waals surface area contributed by atoms with Gasteiger partial charge in [0.15, 0.2) is 0 Å². The topological polar surface area (TPSA) is 3.24 Å². The molecule has 2 aliphatic carbocycles. The van der Waals surface area contributed by atoms with Gasteiger partial charge in [-0.1, -0.05) is 190 Å². The summed E-state index contributed by atoms with van der Waals surface area (Å²) in [6.07, 6.45) is 15.8. The van der Waals surface area contributed by atoms with Crippen molar-refractivity contribution in [1.29, 1.82) is 0 Å². The average molecular weight is 822 g/mol. The molecule has 0 unspecified atom stereocenters. The summed E-state index contributed by atoms with van der Waals surface area (Å²) in [5.41, 5.74) is 19.1. The SMILES string of the molecule is CCC1(CC)c2cc(/C=C/c3ccc4cc(-c5cccc6c(C7=CCCC=C7)ccc(-c7ccccc7)c56)ccc4c3)ccc2-c2ccc(N(c3ccccc3)c3ccccc3)cc21. The van der Waals surface area contributed by atoms with E-state index in [9.17, 15) is 0 Å². The first-order valence-corrected chi connectivity index (χ1v) is 23.0. The molecular formula is C63H51N. The maximum Gasteiger partial charge on any atom is 0.0465 e. The molecule has 308 valence electrons. The molecule has 0 heterocycles. The fraction of sp³-hybridized carbons (Fsp3) is 0.111. The van der Waals surface area contributed by atoms with Gasteiger partial charge < -0.3 is 4.90 Å². The second-order valence-corrected chi connectivity index (χ2v) is 17.4. The number of benzene rings is 9. The van der Waals surface area contributed by atoms with Gasteiger partial charge in [-0.05, 0) is 163 Å². The molecule has 0 aliphatic heterocycles. The van der Waals surface area contributed by atoms with E-state index in [1.165, 1.54) is 94.0 Å². The van der Waals surface area contributed by atoms with Gasteiger partial charge in [-0.2, -0.15) is 0 Å². The minimum absolute atomic E-state index is 0.0675. The van der Waals surface area contributed by atoms with E-state index in [0.717, 1.165) is 37.1 Å². The van der Waals surface area contributed by atoms with Crippen molar-refractivity contribution >= 4 is 56.3 Å². The highest BCUT2D eigenvalue weighted by atomic mass is 15.1. The lowest BCUT2D eigenvalue weighted by atomic mass is 9.73. The van der Waals surface area contributed by atoms with Crippen molar-refractivity contribution in [3.05, 3.63) is 240 Å². The molecule has 0 N–H and O–H groups in total. The summed E-state index contributed by atoms with van der Waals surface area (Å²) in [4.78, 5) is 2.38. The Hall–Kier alpha value is -7.48. The minimum Gasteiger partial charge on any atom is -0.310 e. The van der Waals surface area contributed by atoms with E-state index in [4.69, 9.17) is 0 Å². The Morgan fingerprint density at radius 1 is 0.453 bits per heavy atom. The van der Waals surface area contributed by atoms with Crippen molar-refractivity contribution < 1.29 is 0 Å². The van der Waals surface area contributed by atoms with Gasteiger partial charge in [0.05, 0.1) is 0 Å². The van der Waals surface area contributed by atoms with Gasteiger partial charge in [-0.25, -0.2) is 0 Å². The van der Waals surface area contributed by atoms with Crippen LogP contribution in [0.25, 0.3) is 72.7 Å². The molecule has 1 heteroatoms. The average Bonchev–Trinajstić information content (AvgIpc) is 3.64. The van der Waals surface area contributed by atoms with Crippen LogP contribution in [0.3, 0.4) is 0 Å². The quantitative estimate of drug-likeness (QED) is 0.124. The number of fused-ring (bicyclic) bond motifs is 5. The lowest BCUT2D eigenvalue weighted by molar-refractivity contribution is 0.490. The number of nitrogens with zero attached hydrogens (tertiary/aromatic N) is 1. The number of rotatable bonds is 10. The molecule has 0 saturated carbocycles. The third-order valence-corrected chi connectivity index (χ3v) is 13.9. The minimum atomic E-state index is -0.0675. The van der Waals surface area contributed by atoms with Crippen molar-refractivity contribution in [2.75, 3.05) is 4.90 Å². The Balaban J connectivity index is 0.917. The Morgan fingerprint density at radius 2 is 1.05 bits per heavy atom. The summed E-state index contributed by atoms with van der Waals surface area (Å²) >= 11 is 0. The second-order valence-electron chi connectivity index (χ2n) is 17.4. The molecule has 0 saturated heterocycles. The van der Waals surface area contributed by atoms with Gasteiger partial charge in [0.2, 0.25) is 0 Å². The normalized spacial score (nSPS) is 13.9. The molecule has 64 heavy (non-hydrogen) atoms. The molecule has 0 bridgehead atoms. The predicted molar refractivity (Wildman–Crippen MR) is 276 cm³/mol. The molecule has 0 aromatic heterocycles. The Morgan fingerprint density at radius 3 is 1.75 bits per heavy atom. The van der Waals surface area contributed by atoms with Gasteiger partial charge in [0.25, 0.3) is 0 Å². The van der Waals surface area contributed by atoms with Crippen LogP contribution in [0.2, 0.25) is 0 Å². The highest BCUT2D eigenvalue weighted by Crippen LogP contribution is 2.54. The van der Waals surface area contributed by atoms with Crippen molar-refractivity contribution in [3.63, 3.8) is 0 Å². The molecular weight excluding hydrogens is 771 g/mol. The summed E-state index contributed by atoms with van der Waals surface area (Å²) in [5.74, 6) is 0. The van der Waals surface area contributed by atoms with Crippen LogP contribution in [-0.2, 0) is 5.41 Å². The van der Waals surface area contributed by atoms with Gasteiger partial charge in [-0.3, -0.25) is 0 Å². The van der Waals surface area contributed by atoms with Crippen molar-refractivity contribution in [2.45, 2.75) is 44.9 Å². The Kier molecular flexibility index (Phi) is 10.3. The molecule has 11 rings (SSSR count). The molecule has 1 nitrogen and oxygen atoms in total. The summed E-state index contributed by atoms with van der Waals surface area (Å²) in [7, 11) is 0. The molecule has 9 aromatic rings. The van der Waals surface area contributed by atoms with Crippen molar-refractivity contribution in [1.82, 2.24) is 0 Å². The molecule has 0 atom stereocenters. The number of hydrogen-bond acceptors (Lipinski definition) is 1. The number of hydrogen-bond donors (Lipinski definition) is 0. The lowest BCUT2D eigenvalue weighted by Crippen LogP contribution is -2.23. The van der Waals surface area contributed by atoms with Crippen LogP contribution in [0.5, 0.6) is 0 Å². The number of para-hydroxylation sites is 2. The Bertz CT molecular complexity index is 3230. The zero-order valence-electron chi connectivity index (χ0n) is 36.6. The Labute approximate surface area is 378 Å². The predicted octanol–water partition coefficient (Wildman–Crippen LogP) is 17.8. The molecule has 9 aromatic carbocycles. The fourth-order valence-corrected chi connectivity index (χ4v) is 10.7. The van der Waals surface area contributed by atoms with E-state index in [2.05, 4.69) is 243 Å². The summed E-state index contributed by atoms with van der Waals surface area (Å²) in [6.45, 7) is 4.72. The van der Waals surface area contributed by atoms with E-state index in [1.807, 2.05) is 0 Å². The van der Waals surface area contributed by atoms with Crippen LogP contribution in [0.1, 0.15) is 67.3 Å². The lowest BCUT2D eigenvalue weighted by Gasteiger charge is -2.32. The maximum atomic E-state index is 2.46. The maximum absolute atomic E-state index is 2.46. The van der Waals surface area contributed by atoms with E-state index in [-0.39, 0.29) is 5.41 Å². The van der Waals surface area contributed by atoms with Gasteiger partial charge in [-0.15, -0.1) is 0 Å². The first-order chi connectivity index (χ1) is 31.6. The van der Waals surface area contributed by atoms with Crippen molar-refractivity contribution in [3.8, 4) is 33.4 Å². The molecule has 0 radical (unpaired) electrons. The van der Waals surface area contributed by atoms with Gasteiger partial charge in [0.1, 0.15) is 0 Å². The zero-order chi connectivity index (χ0) is 43.0. The third kappa shape index (κ3) is 6.89. The summed E-state index contributed by atoms with van der Waals surface area (Å²) < 4.78 is 0. The monoisotopic (exact) mass is 821 g/mol. The van der Waals surface area contributed by atoms with Gasteiger partial charge >= 0.3 is 0 Å². The number of anilines is 3. The van der Waals surface area contributed by atoms with E-state index < -0.39 is 0 Å². The van der Waals surface area contributed by atoms with Gasteiger partial charge in [0, 0.05) is 22.5 Å². The largest absolute Gasteiger partial charge is 0.310 e. The number of allylic oxidation sites excluding steroid dienone is 4. The summed E-state index contributed by atoms with van der Waals surface area (Å²) in [5, 5.41) is 5.08. The second kappa shape index (κ2) is 16.7. The van der Waals surface area contributed by atoms with E-state index >= 15 is 0 Å². The first kappa shape index (κ1) is 39.4. The van der Waals surface area contributed by atoms with Crippen LogP contribution in [0, 0.1) is 0 Å². The third-order valence-electron chi connectivity index (χ3n) is 13.9. The van der Waals surface area contributed by atoms with Crippen LogP contribution in [0.15, 0.2) is 212 Å². The van der Waals surface area contributed by atoms with Crippen LogP contribution in [-0.4, -0.2) is 0 Å². The molecule has 0 spiro atoms. The first-order valence-electron chi connectivity index (χ1n) is 23.0. The van der Waals surface area contributed by atoms with Crippen LogP contribution < -0.4 is 4.90 Å². The van der Waals surface area contributed by atoms with E-state index in [0.29, 0.717) is 0 Å². The highest BCUT2D eigenvalue weighted by Gasteiger charge is 2.41. The molecule has 2 aliphatic rings. The summed E-state index contributed by atoms with van der Waals surface area (Å²) in [6, 6.07) is 71.9.